The van der Waals surface area contributed by atoms with E-state index in [-0.39, 0.29) is 5.91 Å². The van der Waals surface area contributed by atoms with E-state index in [0.717, 1.165) is 25.9 Å². The van der Waals surface area contributed by atoms with Crippen LogP contribution < -0.4 is 10.6 Å². The van der Waals surface area contributed by atoms with Gasteiger partial charge >= 0.3 is 0 Å². The minimum absolute atomic E-state index is 0.0194. The SMILES string of the molecule is O=C(CCc1ccsc1)Nc1ccn(C2CCNC2)n1. The fourth-order valence-electron chi connectivity index (χ4n) is 2.37. The summed E-state index contributed by atoms with van der Waals surface area (Å²) in [5, 5.41) is 14.7. The van der Waals surface area contributed by atoms with Crippen molar-refractivity contribution >= 4 is 23.1 Å². The highest BCUT2D eigenvalue weighted by Gasteiger charge is 2.17. The lowest BCUT2D eigenvalue weighted by molar-refractivity contribution is -0.116. The van der Waals surface area contributed by atoms with Gasteiger partial charge in [0.2, 0.25) is 5.91 Å². The van der Waals surface area contributed by atoms with Gasteiger partial charge in [-0.3, -0.25) is 9.48 Å². The van der Waals surface area contributed by atoms with Crippen LogP contribution in [0.15, 0.2) is 29.1 Å². The molecule has 1 aliphatic heterocycles. The molecule has 0 aliphatic carbocycles. The molecule has 1 aliphatic rings. The predicted molar refractivity (Wildman–Crippen MR) is 80.0 cm³/mol. The van der Waals surface area contributed by atoms with Crippen LogP contribution in [0.2, 0.25) is 0 Å². The van der Waals surface area contributed by atoms with Gasteiger partial charge in [0.05, 0.1) is 6.04 Å². The number of nitrogens with zero attached hydrogens (tertiary/aromatic N) is 2. The van der Waals surface area contributed by atoms with Gasteiger partial charge in [0, 0.05) is 25.2 Å². The van der Waals surface area contributed by atoms with E-state index < -0.39 is 0 Å². The number of anilines is 1. The molecule has 1 saturated heterocycles. The van der Waals surface area contributed by atoms with E-state index in [4.69, 9.17) is 0 Å². The molecule has 0 spiro atoms. The Balaban J connectivity index is 1.50. The maximum atomic E-state index is 11.9. The van der Waals surface area contributed by atoms with Crippen LogP contribution >= 0.6 is 11.3 Å². The number of aryl methyl sites for hydroxylation is 1. The van der Waals surface area contributed by atoms with Gasteiger partial charge in [-0.2, -0.15) is 16.4 Å². The van der Waals surface area contributed by atoms with Gasteiger partial charge < -0.3 is 10.6 Å². The van der Waals surface area contributed by atoms with Crippen LogP contribution in [0.1, 0.15) is 24.4 Å². The number of thiophene rings is 1. The third-order valence-electron chi connectivity index (χ3n) is 3.51. The Hall–Kier alpha value is -1.66. The van der Waals surface area contributed by atoms with Crippen LogP contribution in [-0.4, -0.2) is 28.8 Å². The second kappa shape index (κ2) is 6.19. The van der Waals surface area contributed by atoms with E-state index >= 15 is 0 Å². The summed E-state index contributed by atoms with van der Waals surface area (Å²) in [7, 11) is 0. The van der Waals surface area contributed by atoms with Crippen molar-refractivity contribution in [1.29, 1.82) is 0 Å². The van der Waals surface area contributed by atoms with E-state index in [9.17, 15) is 4.79 Å². The van der Waals surface area contributed by atoms with Crippen molar-refractivity contribution in [2.45, 2.75) is 25.3 Å². The van der Waals surface area contributed by atoms with Crippen LogP contribution in [0, 0.1) is 0 Å². The third-order valence-corrected chi connectivity index (χ3v) is 4.24. The fourth-order valence-corrected chi connectivity index (χ4v) is 3.07. The summed E-state index contributed by atoms with van der Waals surface area (Å²) in [4.78, 5) is 11.9. The molecule has 6 heteroatoms. The summed E-state index contributed by atoms with van der Waals surface area (Å²) >= 11 is 1.66. The first-order valence-electron chi connectivity index (χ1n) is 6.88. The Morgan fingerprint density at radius 3 is 3.25 bits per heavy atom. The van der Waals surface area contributed by atoms with Gasteiger partial charge in [0.1, 0.15) is 0 Å². The standard InChI is InChI=1S/C14H18N4OS/c19-14(2-1-11-5-8-20-10-11)16-13-4-7-18(17-13)12-3-6-15-9-12/h4-5,7-8,10,12,15H,1-3,6,9H2,(H,16,17,19). The van der Waals surface area contributed by atoms with Crippen LogP contribution in [0.5, 0.6) is 0 Å². The molecule has 2 aromatic rings. The first-order valence-corrected chi connectivity index (χ1v) is 7.82. The topological polar surface area (TPSA) is 59.0 Å². The average molecular weight is 290 g/mol. The molecule has 1 atom stereocenters. The van der Waals surface area contributed by atoms with Crippen molar-refractivity contribution in [3.05, 3.63) is 34.7 Å². The number of nitrogens with one attached hydrogen (secondary N) is 2. The van der Waals surface area contributed by atoms with Crippen molar-refractivity contribution in [1.82, 2.24) is 15.1 Å². The molecule has 0 bridgehead atoms. The van der Waals surface area contributed by atoms with Gasteiger partial charge in [-0.15, -0.1) is 0 Å². The largest absolute Gasteiger partial charge is 0.315 e. The van der Waals surface area contributed by atoms with Gasteiger partial charge in [-0.05, 0) is 41.8 Å². The molecule has 20 heavy (non-hydrogen) atoms. The molecule has 1 amide bonds. The monoisotopic (exact) mass is 290 g/mol. The molecular weight excluding hydrogens is 272 g/mol. The van der Waals surface area contributed by atoms with E-state index in [1.54, 1.807) is 11.3 Å². The third kappa shape index (κ3) is 3.26. The van der Waals surface area contributed by atoms with Crippen LogP contribution in [0.25, 0.3) is 0 Å². The van der Waals surface area contributed by atoms with Crippen LogP contribution in [0.3, 0.4) is 0 Å². The Kier molecular flexibility index (Phi) is 4.13. The number of aromatic nitrogens is 2. The maximum absolute atomic E-state index is 11.9. The number of carbonyl (C=O) groups excluding carboxylic acids is 1. The molecule has 2 aromatic heterocycles. The van der Waals surface area contributed by atoms with Crippen molar-refractivity contribution in [2.24, 2.45) is 0 Å². The highest BCUT2D eigenvalue weighted by Crippen LogP contribution is 2.16. The Morgan fingerprint density at radius 1 is 1.55 bits per heavy atom. The van der Waals surface area contributed by atoms with Gasteiger partial charge in [0.15, 0.2) is 5.82 Å². The first kappa shape index (κ1) is 13.3. The summed E-state index contributed by atoms with van der Waals surface area (Å²) in [6.07, 6.45) is 4.30. The molecule has 0 aromatic carbocycles. The Morgan fingerprint density at radius 2 is 2.50 bits per heavy atom. The lowest BCUT2D eigenvalue weighted by Crippen LogP contribution is -2.15. The predicted octanol–water partition coefficient (Wildman–Crippen LogP) is 2.05. The zero-order chi connectivity index (χ0) is 13.8. The van der Waals surface area contributed by atoms with Gasteiger partial charge in [0.25, 0.3) is 0 Å². The molecule has 106 valence electrons. The van der Waals surface area contributed by atoms with Gasteiger partial charge in [-0.1, -0.05) is 0 Å². The fraction of sp³-hybridized carbons (Fsp3) is 0.429. The van der Waals surface area contributed by atoms with E-state index in [0.29, 0.717) is 18.3 Å². The van der Waals surface area contributed by atoms with Crippen molar-refractivity contribution in [3.63, 3.8) is 0 Å². The van der Waals surface area contributed by atoms with Gasteiger partial charge in [-0.25, -0.2) is 0 Å². The Bertz CT molecular complexity index is 558. The molecular formula is C14H18N4OS. The highest BCUT2D eigenvalue weighted by atomic mass is 32.1. The van der Waals surface area contributed by atoms with Crippen molar-refractivity contribution in [2.75, 3.05) is 18.4 Å². The van der Waals surface area contributed by atoms with E-state index in [1.165, 1.54) is 5.56 Å². The van der Waals surface area contributed by atoms with E-state index in [1.807, 2.05) is 22.3 Å². The second-order valence-corrected chi connectivity index (χ2v) is 5.79. The summed E-state index contributed by atoms with van der Waals surface area (Å²) in [5.74, 6) is 0.665. The summed E-state index contributed by atoms with van der Waals surface area (Å²) < 4.78 is 1.94. The summed E-state index contributed by atoms with van der Waals surface area (Å²) in [6, 6.07) is 4.33. The summed E-state index contributed by atoms with van der Waals surface area (Å²) in [6.45, 7) is 1.99. The normalized spacial score (nSPS) is 18.3. The lowest BCUT2D eigenvalue weighted by atomic mass is 10.2. The number of rotatable bonds is 5. The molecule has 0 radical (unpaired) electrons. The quantitative estimate of drug-likeness (QED) is 0.886. The molecule has 0 saturated carbocycles. The lowest BCUT2D eigenvalue weighted by Gasteiger charge is -2.08. The molecule has 3 heterocycles. The zero-order valence-corrected chi connectivity index (χ0v) is 12.0. The molecule has 1 fully saturated rings. The van der Waals surface area contributed by atoms with Crippen molar-refractivity contribution in [3.8, 4) is 0 Å². The second-order valence-electron chi connectivity index (χ2n) is 5.01. The van der Waals surface area contributed by atoms with Crippen molar-refractivity contribution < 1.29 is 4.79 Å². The molecule has 5 nitrogen and oxygen atoms in total. The minimum Gasteiger partial charge on any atom is -0.315 e. The van der Waals surface area contributed by atoms with Crippen LogP contribution in [0.4, 0.5) is 5.82 Å². The smallest absolute Gasteiger partial charge is 0.225 e. The first-order chi connectivity index (χ1) is 9.81. The minimum atomic E-state index is 0.0194. The highest BCUT2D eigenvalue weighted by molar-refractivity contribution is 7.07. The maximum Gasteiger partial charge on any atom is 0.225 e. The number of carbonyl (C=O) groups is 1. The zero-order valence-electron chi connectivity index (χ0n) is 11.2. The average Bonchev–Trinajstić information content (AvgIpc) is 3.18. The molecule has 2 N–H and O–H groups in total. The molecule has 1 unspecified atom stereocenters. The molecule has 3 rings (SSSR count). The van der Waals surface area contributed by atoms with Crippen LogP contribution in [-0.2, 0) is 11.2 Å². The number of amides is 1. The number of hydrogen-bond acceptors (Lipinski definition) is 4. The van der Waals surface area contributed by atoms with E-state index in [2.05, 4.69) is 27.2 Å². The summed E-state index contributed by atoms with van der Waals surface area (Å²) in [5.41, 5.74) is 1.22. The number of hydrogen-bond donors (Lipinski definition) is 2. The Labute approximate surface area is 122 Å².